The zero-order chi connectivity index (χ0) is 16.6. The number of hydrogen-bond acceptors (Lipinski definition) is 3. The van der Waals surface area contributed by atoms with Crippen molar-refractivity contribution < 1.29 is 41.3 Å². The smallest absolute Gasteiger partial charge is 0.374 e. The summed E-state index contributed by atoms with van der Waals surface area (Å²) in [6.45, 7) is 6.31. The van der Waals surface area contributed by atoms with Gasteiger partial charge in [-0.05, 0) is 26.3 Å². The van der Waals surface area contributed by atoms with Gasteiger partial charge in [0.05, 0.1) is 5.60 Å². The number of rotatable bonds is 5. The van der Waals surface area contributed by atoms with Crippen LogP contribution in [0, 0.1) is 0 Å². The molecule has 3 nitrogen and oxygen atoms in total. The van der Waals surface area contributed by atoms with Gasteiger partial charge >= 0.3 is 12.4 Å². The van der Waals surface area contributed by atoms with E-state index in [9.17, 15) is 31.4 Å². The topological polar surface area (TPSA) is 49.7 Å². The molecule has 0 aliphatic carbocycles. The highest BCUT2D eigenvalue weighted by atomic mass is 19.4. The second-order valence-corrected chi connectivity index (χ2v) is 5.11. The molecule has 0 amide bonds. The lowest BCUT2D eigenvalue weighted by Gasteiger charge is -2.39. The average Bonchev–Trinajstić information content (AvgIpc) is 2.11. The summed E-state index contributed by atoms with van der Waals surface area (Å²) >= 11 is 0. The zero-order valence-electron chi connectivity index (χ0n) is 11.1. The highest BCUT2D eigenvalue weighted by Gasteiger charge is 2.71. The highest BCUT2D eigenvalue weighted by Crippen LogP contribution is 2.48. The molecule has 0 rings (SSSR count). The van der Waals surface area contributed by atoms with E-state index in [2.05, 4.69) is 11.3 Å². The minimum absolute atomic E-state index is 0.000585. The minimum atomic E-state index is -5.93. The Labute approximate surface area is 111 Å². The standard InChI is InChI=1S/C11H16F6O3/c1-6(2)7(18)20-8(3,4)5-9(19,10(12,13)14)11(15,16)17/h7,18-19H,1,5H2,2-4H3. The fraction of sp³-hybridized carbons (Fsp3) is 0.818. The van der Waals surface area contributed by atoms with Gasteiger partial charge in [-0.3, -0.25) is 0 Å². The molecule has 0 spiro atoms. The van der Waals surface area contributed by atoms with Gasteiger partial charge in [-0.15, -0.1) is 0 Å². The van der Waals surface area contributed by atoms with Crippen molar-refractivity contribution in [1.29, 1.82) is 0 Å². The van der Waals surface area contributed by atoms with E-state index in [1.165, 1.54) is 6.92 Å². The van der Waals surface area contributed by atoms with E-state index in [-0.39, 0.29) is 5.57 Å². The second kappa shape index (κ2) is 5.53. The molecule has 1 atom stereocenters. The molecule has 0 radical (unpaired) electrons. The molecule has 0 aromatic heterocycles. The van der Waals surface area contributed by atoms with Gasteiger partial charge in [0.2, 0.25) is 0 Å². The third-order valence-corrected chi connectivity index (χ3v) is 2.47. The van der Waals surface area contributed by atoms with Crippen molar-refractivity contribution in [2.75, 3.05) is 0 Å². The first-order chi connectivity index (χ1) is 8.53. The first-order valence-electron chi connectivity index (χ1n) is 5.40. The van der Waals surface area contributed by atoms with Crippen LogP contribution in [-0.2, 0) is 4.74 Å². The van der Waals surface area contributed by atoms with Crippen LogP contribution < -0.4 is 0 Å². The first-order valence-corrected chi connectivity index (χ1v) is 5.40. The van der Waals surface area contributed by atoms with Crippen molar-refractivity contribution in [3.8, 4) is 0 Å². The number of halogens is 6. The Morgan fingerprint density at radius 3 is 1.70 bits per heavy atom. The van der Waals surface area contributed by atoms with Gasteiger partial charge in [-0.1, -0.05) is 6.58 Å². The quantitative estimate of drug-likeness (QED) is 0.466. The van der Waals surface area contributed by atoms with E-state index >= 15 is 0 Å². The molecule has 0 aliphatic heterocycles. The Morgan fingerprint density at radius 1 is 1.10 bits per heavy atom. The summed E-state index contributed by atoms with van der Waals surface area (Å²) in [5.41, 5.74) is -7.03. The van der Waals surface area contributed by atoms with Gasteiger partial charge in [0.1, 0.15) is 0 Å². The molecule has 0 fully saturated rings. The number of hydrogen-bond donors (Lipinski definition) is 2. The van der Waals surface area contributed by atoms with Crippen molar-refractivity contribution in [3.63, 3.8) is 0 Å². The van der Waals surface area contributed by atoms with Crippen molar-refractivity contribution >= 4 is 0 Å². The Bertz CT molecular complexity index is 344. The third kappa shape index (κ3) is 4.35. The summed E-state index contributed by atoms with van der Waals surface area (Å²) in [5.74, 6) is 0. The maximum atomic E-state index is 12.5. The van der Waals surface area contributed by atoms with E-state index in [0.29, 0.717) is 0 Å². The van der Waals surface area contributed by atoms with Crippen LogP contribution in [0.2, 0.25) is 0 Å². The molecule has 120 valence electrons. The van der Waals surface area contributed by atoms with Crippen LogP contribution in [0.1, 0.15) is 27.2 Å². The molecule has 0 aromatic carbocycles. The van der Waals surface area contributed by atoms with E-state index < -0.39 is 36.3 Å². The van der Waals surface area contributed by atoms with Crippen LogP contribution in [0.25, 0.3) is 0 Å². The van der Waals surface area contributed by atoms with Gasteiger partial charge in [0.15, 0.2) is 6.29 Å². The second-order valence-electron chi connectivity index (χ2n) is 5.11. The normalized spacial score (nSPS) is 16.1. The number of aliphatic hydroxyl groups is 2. The van der Waals surface area contributed by atoms with Crippen LogP contribution >= 0.6 is 0 Å². The summed E-state index contributed by atoms with van der Waals surface area (Å²) < 4.78 is 79.8. The molecule has 9 heteroatoms. The lowest BCUT2D eigenvalue weighted by Crippen LogP contribution is -2.60. The van der Waals surface area contributed by atoms with Gasteiger partial charge in [-0.2, -0.15) is 26.3 Å². The summed E-state index contributed by atoms with van der Waals surface area (Å²) in [4.78, 5) is 0. The van der Waals surface area contributed by atoms with E-state index in [0.717, 1.165) is 13.8 Å². The van der Waals surface area contributed by atoms with Crippen molar-refractivity contribution in [1.82, 2.24) is 0 Å². The first kappa shape index (κ1) is 19.2. The lowest BCUT2D eigenvalue weighted by molar-refractivity contribution is -0.380. The summed E-state index contributed by atoms with van der Waals surface area (Å²) in [7, 11) is 0. The molecule has 2 N–H and O–H groups in total. The number of ether oxygens (including phenoxy) is 1. The fourth-order valence-corrected chi connectivity index (χ4v) is 1.42. The molecule has 1 unspecified atom stereocenters. The highest BCUT2D eigenvalue weighted by molar-refractivity contribution is 5.00. The number of aliphatic hydroxyl groups excluding tert-OH is 1. The maximum absolute atomic E-state index is 12.5. The van der Waals surface area contributed by atoms with Gasteiger partial charge < -0.3 is 14.9 Å². The molecular formula is C11H16F6O3. The zero-order valence-corrected chi connectivity index (χ0v) is 11.1. The predicted molar refractivity (Wildman–Crippen MR) is 57.7 cm³/mol. The van der Waals surface area contributed by atoms with Gasteiger partial charge in [-0.25, -0.2) is 0 Å². The molecule has 0 saturated carbocycles. The summed E-state index contributed by atoms with van der Waals surface area (Å²) in [6.07, 6.45) is -15.4. The van der Waals surface area contributed by atoms with Gasteiger partial charge in [0.25, 0.3) is 5.60 Å². The Hall–Kier alpha value is -0.800. The minimum Gasteiger partial charge on any atom is -0.374 e. The lowest BCUT2D eigenvalue weighted by atomic mass is 9.88. The van der Waals surface area contributed by atoms with Crippen molar-refractivity contribution in [3.05, 3.63) is 12.2 Å². The van der Waals surface area contributed by atoms with E-state index in [4.69, 9.17) is 5.11 Å². The third-order valence-electron chi connectivity index (χ3n) is 2.47. The largest absolute Gasteiger partial charge is 0.426 e. The van der Waals surface area contributed by atoms with E-state index in [1.54, 1.807) is 0 Å². The molecule has 0 aliphatic rings. The Balaban J connectivity index is 5.34. The average molecular weight is 310 g/mol. The fourth-order valence-electron chi connectivity index (χ4n) is 1.42. The molecule has 0 saturated heterocycles. The summed E-state index contributed by atoms with van der Waals surface area (Å²) in [5, 5.41) is 18.3. The molecular weight excluding hydrogens is 294 g/mol. The monoisotopic (exact) mass is 310 g/mol. The Morgan fingerprint density at radius 2 is 1.45 bits per heavy atom. The molecule has 20 heavy (non-hydrogen) atoms. The maximum Gasteiger partial charge on any atom is 0.426 e. The molecule has 0 bridgehead atoms. The summed E-state index contributed by atoms with van der Waals surface area (Å²) in [6, 6.07) is 0. The predicted octanol–water partition coefficient (Wildman–Crippen LogP) is 2.92. The molecule has 0 heterocycles. The van der Waals surface area contributed by atoms with Crippen LogP contribution in [0.5, 0.6) is 0 Å². The van der Waals surface area contributed by atoms with Crippen LogP contribution in [0.15, 0.2) is 12.2 Å². The van der Waals surface area contributed by atoms with Crippen molar-refractivity contribution in [2.24, 2.45) is 0 Å². The molecule has 0 aromatic rings. The number of alkyl halides is 6. The SMILES string of the molecule is C=C(C)C(O)OC(C)(C)CC(O)(C(F)(F)F)C(F)(F)F. The van der Waals surface area contributed by atoms with E-state index in [1.807, 2.05) is 0 Å². The Kier molecular flexibility index (Phi) is 5.31. The van der Waals surface area contributed by atoms with Crippen LogP contribution in [0.3, 0.4) is 0 Å². The van der Waals surface area contributed by atoms with Crippen LogP contribution in [-0.4, -0.2) is 40.1 Å². The van der Waals surface area contributed by atoms with Crippen LogP contribution in [0.4, 0.5) is 26.3 Å². The van der Waals surface area contributed by atoms with Gasteiger partial charge in [0, 0.05) is 6.42 Å². The van der Waals surface area contributed by atoms with Crippen molar-refractivity contribution in [2.45, 2.75) is 57.0 Å².